The molecule has 0 bridgehead atoms. The highest BCUT2D eigenvalue weighted by atomic mass is 32.2. The molecule has 2 unspecified atom stereocenters. The summed E-state index contributed by atoms with van der Waals surface area (Å²) in [4.78, 5) is 11.8. The second-order valence-electron chi connectivity index (χ2n) is 4.35. The van der Waals surface area contributed by atoms with Gasteiger partial charge in [-0.3, -0.25) is 9.00 Å². The van der Waals surface area contributed by atoms with Gasteiger partial charge in [0, 0.05) is 4.90 Å². The molecule has 0 amide bonds. The van der Waals surface area contributed by atoms with Crippen molar-refractivity contribution in [1.82, 2.24) is 0 Å². The number of halogens is 3. The Morgan fingerprint density at radius 2 is 2.00 bits per heavy atom. The second-order valence-corrected chi connectivity index (χ2v) is 5.99. The van der Waals surface area contributed by atoms with E-state index in [9.17, 15) is 22.2 Å². The second kappa shape index (κ2) is 7.59. The lowest BCUT2D eigenvalue weighted by Crippen LogP contribution is -2.28. The van der Waals surface area contributed by atoms with Gasteiger partial charge in [0.2, 0.25) is 0 Å². The Bertz CT molecular complexity index is 514. The molecule has 0 radical (unpaired) electrons. The van der Waals surface area contributed by atoms with Gasteiger partial charge in [0.15, 0.2) is 0 Å². The van der Waals surface area contributed by atoms with E-state index in [1.165, 1.54) is 12.1 Å². The van der Waals surface area contributed by atoms with Crippen LogP contribution < -0.4 is 0 Å². The fraction of sp³-hybridized carbons (Fsp3) is 0.500. The average Bonchev–Trinajstić information content (AvgIpc) is 2.43. The molecule has 21 heavy (non-hydrogen) atoms. The lowest BCUT2D eigenvalue weighted by molar-refractivity contribution is -0.142. The molecule has 1 aromatic rings. The third kappa shape index (κ3) is 4.84. The average molecular weight is 322 g/mol. The van der Waals surface area contributed by atoms with Crippen molar-refractivity contribution in [3.63, 3.8) is 0 Å². The van der Waals surface area contributed by atoms with E-state index in [-0.39, 0.29) is 11.5 Å². The molecule has 3 nitrogen and oxygen atoms in total. The van der Waals surface area contributed by atoms with Gasteiger partial charge in [-0.15, -0.1) is 0 Å². The summed E-state index contributed by atoms with van der Waals surface area (Å²) in [5, 5.41) is -0.946. The van der Waals surface area contributed by atoms with Crippen LogP contribution in [0.25, 0.3) is 0 Å². The van der Waals surface area contributed by atoms with Crippen LogP contribution in [0.2, 0.25) is 0 Å². The Hall–Kier alpha value is -1.37. The highest BCUT2D eigenvalue weighted by molar-refractivity contribution is 7.86. The van der Waals surface area contributed by atoms with E-state index >= 15 is 0 Å². The van der Waals surface area contributed by atoms with Crippen LogP contribution in [0.1, 0.15) is 32.3 Å². The van der Waals surface area contributed by atoms with E-state index in [0.29, 0.717) is 12.8 Å². The summed E-state index contributed by atoms with van der Waals surface area (Å²) in [5.74, 6) is -0.643. The number of carbonyl (C=O) groups is 1. The van der Waals surface area contributed by atoms with E-state index in [0.717, 1.165) is 12.1 Å². The molecule has 0 saturated heterocycles. The molecule has 2 atom stereocenters. The van der Waals surface area contributed by atoms with Crippen LogP contribution in [0.3, 0.4) is 0 Å². The first-order valence-electron chi connectivity index (χ1n) is 6.55. The van der Waals surface area contributed by atoms with Crippen molar-refractivity contribution < 1.29 is 26.9 Å². The van der Waals surface area contributed by atoms with Crippen molar-refractivity contribution in [3.05, 3.63) is 29.8 Å². The highest BCUT2D eigenvalue weighted by Crippen LogP contribution is 2.30. The van der Waals surface area contributed by atoms with Crippen molar-refractivity contribution in [1.29, 1.82) is 0 Å². The smallest absolute Gasteiger partial charge is 0.416 e. The summed E-state index contributed by atoms with van der Waals surface area (Å²) >= 11 is 0. The van der Waals surface area contributed by atoms with Crippen molar-refractivity contribution in [3.8, 4) is 0 Å². The van der Waals surface area contributed by atoms with Crippen LogP contribution in [-0.2, 0) is 26.5 Å². The molecule has 0 N–H and O–H groups in total. The zero-order valence-corrected chi connectivity index (χ0v) is 12.6. The number of rotatable bonds is 6. The van der Waals surface area contributed by atoms with Gasteiger partial charge >= 0.3 is 12.1 Å². The Kier molecular flexibility index (Phi) is 6.39. The minimum atomic E-state index is -4.51. The normalized spacial score (nSPS) is 14.5. The summed E-state index contributed by atoms with van der Waals surface area (Å²) in [5.41, 5.74) is -0.882. The van der Waals surface area contributed by atoms with Gasteiger partial charge in [-0.25, -0.2) is 0 Å². The van der Waals surface area contributed by atoms with Gasteiger partial charge in [0.25, 0.3) is 0 Å². The molecular formula is C14H17F3O3S. The molecule has 0 aliphatic heterocycles. The topological polar surface area (TPSA) is 43.4 Å². The zero-order valence-electron chi connectivity index (χ0n) is 11.8. The van der Waals surface area contributed by atoms with Gasteiger partial charge < -0.3 is 4.74 Å². The summed E-state index contributed by atoms with van der Waals surface area (Å²) in [7, 11) is -1.87. The fourth-order valence-electron chi connectivity index (χ4n) is 1.77. The number of carbonyl (C=O) groups excluding carboxylic acids is 1. The Morgan fingerprint density at radius 1 is 1.33 bits per heavy atom. The lowest BCUT2D eigenvalue weighted by Gasteiger charge is -2.15. The van der Waals surface area contributed by atoms with Crippen LogP contribution in [0.15, 0.2) is 29.2 Å². The maximum absolute atomic E-state index is 12.7. The highest BCUT2D eigenvalue weighted by Gasteiger charge is 2.32. The van der Waals surface area contributed by atoms with Crippen molar-refractivity contribution in [2.24, 2.45) is 0 Å². The maximum atomic E-state index is 12.7. The number of alkyl halides is 3. The fourth-order valence-corrected chi connectivity index (χ4v) is 3.25. The van der Waals surface area contributed by atoms with Crippen molar-refractivity contribution in [2.75, 3.05) is 6.61 Å². The largest absolute Gasteiger partial charge is 0.465 e. The van der Waals surface area contributed by atoms with Gasteiger partial charge in [0.1, 0.15) is 5.25 Å². The first-order valence-corrected chi connectivity index (χ1v) is 7.77. The van der Waals surface area contributed by atoms with Crippen molar-refractivity contribution >= 4 is 16.8 Å². The third-order valence-electron chi connectivity index (χ3n) is 2.75. The van der Waals surface area contributed by atoms with Crippen LogP contribution in [0.5, 0.6) is 0 Å². The first kappa shape index (κ1) is 17.7. The van der Waals surface area contributed by atoms with Crippen LogP contribution in [-0.4, -0.2) is 22.0 Å². The number of ether oxygens (including phenoxy) is 1. The number of hydrogen-bond donors (Lipinski definition) is 0. The summed E-state index contributed by atoms with van der Waals surface area (Å²) in [6, 6.07) is 4.23. The molecule has 0 aliphatic rings. The van der Waals surface area contributed by atoms with E-state index in [1.807, 2.05) is 0 Å². The number of hydrogen-bond acceptors (Lipinski definition) is 3. The van der Waals surface area contributed by atoms with Crippen molar-refractivity contribution in [2.45, 2.75) is 43.0 Å². The van der Waals surface area contributed by atoms with Gasteiger partial charge in [0.05, 0.1) is 23.0 Å². The molecule has 0 fully saturated rings. The maximum Gasteiger partial charge on any atom is 0.416 e. The molecule has 0 aromatic heterocycles. The molecule has 1 aromatic carbocycles. The summed E-state index contributed by atoms with van der Waals surface area (Å²) in [6.07, 6.45) is -3.64. The van der Waals surface area contributed by atoms with Crippen LogP contribution in [0, 0.1) is 0 Å². The quantitative estimate of drug-likeness (QED) is 0.752. The van der Waals surface area contributed by atoms with Gasteiger partial charge in [-0.05, 0) is 31.5 Å². The van der Waals surface area contributed by atoms with Crippen LogP contribution >= 0.6 is 0 Å². The van der Waals surface area contributed by atoms with Crippen LogP contribution in [0.4, 0.5) is 13.2 Å². The summed E-state index contributed by atoms with van der Waals surface area (Å²) < 4.78 is 55.2. The molecule has 0 spiro atoms. The monoisotopic (exact) mass is 322 g/mol. The third-order valence-corrected chi connectivity index (χ3v) is 4.42. The number of esters is 1. The minimum absolute atomic E-state index is 0.0173. The van der Waals surface area contributed by atoms with Gasteiger partial charge in [-0.1, -0.05) is 19.4 Å². The predicted octanol–water partition coefficient (Wildman–Crippen LogP) is 3.54. The Labute approximate surface area is 123 Å². The molecule has 7 heteroatoms. The molecule has 118 valence electrons. The molecule has 0 aliphatic carbocycles. The SMILES string of the molecule is CCCC(C(=O)OCC)S(=O)c1cccc(C(F)(F)F)c1. The number of benzene rings is 1. The van der Waals surface area contributed by atoms with E-state index in [4.69, 9.17) is 4.74 Å². The first-order chi connectivity index (χ1) is 9.81. The molecule has 1 rings (SSSR count). The molecular weight excluding hydrogens is 305 g/mol. The minimum Gasteiger partial charge on any atom is -0.465 e. The zero-order chi connectivity index (χ0) is 16.0. The Morgan fingerprint density at radius 3 is 2.52 bits per heavy atom. The standard InChI is InChI=1S/C14H17F3O3S/c1-3-6-12(13(18)20-4-2)21(19)11-8-5-7-10(9-11)14(15,16)17/h5,7-9,12H,3-4,6H2,1-2H3. The van der Waals surface area contributed by atoms with E-state index < -0.39 is 33.8 Å². The van der Waals surface area contributed by atoms with Gasteiger partial charge in [-0.2, -0.15) is 13.2 Å². The predicted molar refractivity (Wildman–Crippen MR) is 73.2 cm³/mol. The lowest BCUT2D eigenvalue weighted by atomic mass is 10.2. The van der Waals surface area contributed by atoms with E-state index in [1.54, 1.807) is 13.8 Å². The molecule has 0 saturated carbocycles. The Balaban J connectivity index is 3.06. The molecule has 0 heterocycles. The van der Waals surface area contributed by atoms with E-state index in [2.05, 4.69) is 0 Å². The summed E-state index contributed by atoms with van der Waals surface area (Å²) in [6.45, 7) is 3.56.